The summed E-state index contributed by atoms with van der Waals surface area (Å²) in [5.74, 6) is -0.461. The van der Waals surface area contributed by atoms with Gasteiger partial charge in [0.05, 0.1) is 12.3 Å². The molecule has 2 N–H and O–H groups in total. The Morgan fingerprint density at radius 3 is 2.86 bits per heavy atom. The highest BCUT2D eigenvalue weighted by molar-refractivity contribution is 6.01. The van der Waals surface area contributed by atoms with E-state index >= 15 is 0 Å². The first-order chi connectivity index (χ1) is 10.5. The van der Waals surface area contributed by atoms with Crippen molar-refractivity contribution in [2.24, 2.45) is 5.16 Å². The Morgan fingerprint density at radius 2 is 2.36 bits per heavy atom. The molecule has 0 fully saturated rings. The van der Waals surface area contributed by atoms with Gasteiger partial charge >= 0.3 is 0 Å². The summed E-state index contributed by atoms with van der Waals surface area (Å²) in [7, 11) is 0. The first-order valence-electron chi connectivity index (χ1n) is 6.58. The third-order valence-corrected chi connectivity index (χ3v) is 2.99. The lowest BCUT2D eigenvalue weighted by Gasteiger charge is -2.08. The number of nitrogens with one attached hydrogen (secondary N) is 1. The van der Waals surface area contributed by atoms with Crippen molar-refractivity contribution in [3.05, 3.63) is 46.0 Å². The van der Waals surface area contributed by atoms with E-state index in [4.69, 9.17) is 5.21 Å². The first kappa shape index (κ1) is 17.2. The lowest BCUT2D eigenvalue weighted by atomic mass is 10.0. The van der Waals surface area contributed by atoms with E-state index in [1.165, 1.54) is 31.6 Å². The van der Waals surface area contributed by atoms with Crippen LogP contribution < -0.4 is 5.32 Å². The second-order valence-corrected chi connectivity index (χ2v) is 4.40. The molecule has 0 saturated heterocycles. The maximum atomic E-state index is 11.8. The van der Waals surface area contributed by atoms with Crippen LogP contribution in [0.25, 0.3) is 0 Å². The summed E-state index contributed by atoms with van der Waals surface area (Å²) >= 11 is 0. The molecule has 0 spiro atoms. The molecule has 118 valence electrons. The van der Waals surface area contributed by atoms with Crippen molar-refractivity contribution in [2.75, 3.05) is 6.54 Å². The second-order valence-electron chi connectivity index (χ2n) is 4.40. The highest BCUT2D eigenvalue weighted by atomic mass is 16.6. The molecule has 0 aromatic carbocycles. The van der Waals surface area contributed by atoms with Crippen LogP contribution in [0.1, 0.15) is 30.8 Å². The van der Waals surface area contributed by atoms with E-state index in [9.17, 15) is 14.9 Å². The summed E-state index contributed by atoms with van der Waals surface area (Å²) in [6.07, 6.45) is 4.51. The number of hydrogen-bond acceptors (Lipinski definition) is 7. The fourth-order valence-electron chi connectivity index (χ4n) is 1.67. The van der Waals surface area contributed by atoms with Gasteiger partial charge in [-0.15, -0.1) is 0 Å². The molecular weight excluding hydrogens is 290 g/mol. The summed E-state index contributed by atoms with van der Waals surface area (Å²) in [5, 5.41) is 25.3. The molecule has 0 bridgehead atoms. The number of oxime groups is 1. The molecule has 0 radical (unpaired) electrons. The zero-order valence-corrected chi connectivity index (χ0v) is 12.3. The smallest absolute Gasteiger partial charge is 0.270 e. The van der Waals surface area contributed by atoms with Gasteiger partial charge in [-0.2, -0.15) is 0 Å². The number of carbonyl (C=O) groups excluding carboxylic acids is 1. The molecule has 1 aromatic heterocycles. The van der Waals surface area contributed by atoms with E-state index < -0.39 is 16.9 Å². The average molecular weight is 307 g/mol. The molecule has 9 nitrogen and oxygen atoms in total. The zero-order chi connectivity index (χ0) is 16.5. The van der Waals surface area contributed by atoms with Crippen molar-refractivity contribution in [3.63, 3.8) is 0 Å². The van der Waals surface area contributed by atoms with Gasteiger partial charge in [-0.05, 0) is 18.6 Å². The van der Waals surface area contributed by atoms with Crippen LogP contribution >= 0.6 is 0 Å². The van der Waals surface area contributed by atoms with Gasteiger partial charge in [-0.25, -0.2) is 9.97 Å². The van der Waals surface area contributed by atoms with E-state index in [0.717, 1.165) is 0 Å². The molecule has 0 aliphatic rings. The molecule has 0 aliphatic carbocycles. The second kappa shape index (κ2) is 8.45. The molecular formula is C13H17N5O4. The molecule has 22 heavy (non-hydrogen) atoms. The van der Waals surface area contributed by atoms with Crippen LogP contribution in [-0.4, -0.2) is 44.3 Å². The minimum Gasteiger partial charge on any atom is -0.411 e. The van der Waals surface area contributed by atoms with Gasteiger partial charge in [-0.3, -0.25) is 14.9 Å². The first-order valence-corrected chi connectivity index (χ1v) is 6.58. The largest absolute Gasteiger partial charge is 0.411 e. The summed E-state index contributed by atoms with van der Waals surface area (Å²) < 4.78 is 0. The maximum Gasteiger partial charge on any atom is 0.270 e. The predicted molar refractivity (Wildman–Crippen MR) is 78.4 cm³/mol. The van der Waals surface area contributed by atoms with E-state index in [1.54, 1.807) is 6.92 Å². The zero-order valence-electron chi connectivity index (χ0n) is 12.3. The number of hydrogen-bond donors (Lipinski definition) is 2. The lowest BCUT2D eigenvalue weighted by Crippen LogP contribution is -2.30. The topological polar surface area (TPSA) is 131 Å². The van der Waals surface area contributed by atoms with E-state index in [2.05, 4.69) is 20.4 Å². The maximum absolute atomic E-state index is 11.8. The number of carbonyl (C=O) groups is 1. The minimum atomic E-state index is -0.890. The number of amides is 1. The Balaban J connectivity index is 2.73. The number of nitrogens with zero attached hydrogens (tertiary/aromatic N) is 4. The molecule has 0 aliphatic heterocycles. The molecule has 1 heterocycles. The highest BCUT2D eigenvalue weighted by Crippen LogP contribution is 2.10. The predicted octanol–water partition coefficient (Wildman–Crippen LogP) is 1.04. The van der Waals surface area contributed by atoms with Crippen LogP contribution in [0.5, 0.6) is 0 Å². The Morgan fingerprint density at radius 1 is 1.64 bits per heavy atom. The number of nitro groups is 1. The fraction of sp³-hybridized carbons (Fsp3) is 0.385. The average Bonchev–Trinajstić information content (AvgIpc) is 2.55. The molecule has 1 unspecified atom stereocenters. The van der Waals surface area contributed by atoms with Gasteiger partial charge in [0.2, 0.25) is 6.04 Å². The van der Waals surface area contributed by atoms with Crippen LogP contribution in [0.3, 0.4) is 0 Å². The molecule has 1 rings (SSSR count). The van der Waals surface area contributed by atoms with Gasteiger partial charge in [0, 0.05) is 23.6 Å². The molecule has 1 amide bonds. The van der Waals surface area contributed by atoms with Crippen molar-refractivity contribution < 1.29 is 14.9 Å². The van der Waals surface area contributed by atoms with Crippen molar-refractivity contribution in [3.8, 4) is 0 Å². The Bertz CT molecular complexity index is 585. The SMILES string of the molecule is CCC(=CC(CNC(=O)c1ccncn1)=NO)C(C)[N+](=O)[O-]. The standard InChI is InChI=1S/C13H17N5O4/c1-3-10(9(2)18(21)22)6-11(17-20)7-15-13(19)12-4-5-14-8-16-12/h4-6,8-9,20H,3,7H2,1-2H3,(H,15,19). The highest BCUT2D eigenvalue weighted by Gasteiger charge is 2.18. The van der Waals surface area contributed by atoms with Gasteiger partial charge in [0.1, 0.15) is 12.0 Å². The molecule has 0 saturated carbocycles. The Hall–Kier alpha value is -2.84. The number of rotatable bonds is 7. The van der Waals surface area contributed by atoms with E-state index in [-0.39, 0.29) is 18.0 Å². The van der Waals surface area contributed by atoms with Crippen molar-refractivity contribution in [1.82, 2.24) is 15.3 Å². The molecule has 1 atom stereocenters. The third-order valence-electron chi connectivity index (χ3n) is 2.99. The Kier molecular flexibility index (Phi) is 6.61. The van der Waals surface area contributed by atoms with E-state index in [0.29, 0.717) is 12.0 Å². The summed E-state index contributed by atoms with van der Waals surface area (Å²) in [5.41, 5.74) is 0.785. The normalized spacial score (nSPS) is 13.5. The van der Waals surface area contributed by atoms with Crippen molar-refractivity contribution in [1.29, 1.82) is 0 Å². The van der Waals surface area contributed by atoms with Gasteiger partial charge in [0.25, 0.3) is 5.91 Å². The third kappa shape index (κ3) is 4.93. The van der Waals surface area contributed by atoms with Crippen LogP contribution in [0.4, 0.5) is 0 Å². The lowest BCUT2D eigenvalue weighted by molar-refractivity contribution is -0.507. The van der Waals surface area contributed by atoms with Crippen molar-refractivity contribution >= 4 is 11.6 Å². The molecule has 9 heteroatoms. The quantitative estimate of drug-likeness (QED) is 0.335. The summed E-state index contributed by atoms with van der Waals surface area (Å²) in [6.45, 7) is 3.14. The Labute approximate surface area is 126 Å². The van der Waals surface area contributed by atoms with Crippen molar-refractivity contribution in [2.45, 2.75) is 26.3 Å². The fourth-order valence-corrected chi connectivity index (χ4v) is 1.67. The van der Waals surface area contributed by atoms with Gasteiger partial charge in [0.15, 0.2) is 0 Å². The van der Waals surface area contributed by atoms with E-state index in [1.807, 2.05) is 0 Å². The summed E-state index contributed by atoms with van der Waals surface area (Å²) in [6, 6.07) is 0.548. The van der Waals surface area contributed by atoms with Crippen LogP contribution in [0.2, 0.25) is 0 Å². The van der Waals surface area contributed by atoms with Gasteiger partial charge in [-0.1, -0.05) is 12.1 Å². The number of aromatic nitrogens is 2. The van der Waals surface area contributed by atoms with Crippen LogP contribution in [-0.2, 0) is 0 Å². The molecule has 1 aromatic rings. The van der Waals surface area contributed by atoms with Gasteiger partial charge < -0.3 is 10.5 Å². The van der Waals surface area contributed by atoms with Crippen LogP contribution in [0, 0.1) is 10.1 Å². The monoisotopic (exact) mass is 307 g/mol. The summed E-state index contributed by atoms with van der Waals surface area (Å²) in [4.78, 5) is 29.6. The van der Waals surface area contributed by atoms with Crippen LogP contribution in [0.15, 0.2) is 35.4 Å². The minimum absolute atomic E-state index is 0.0761.